The van der Waals surface area contributed by atoms with Crippen molar-refractivity contribution in [3.05, 3.63) is 59.5 Å². The van der Waals surface area contributed by atoms with E-state index in [0.717, 1.165) is 17.7 Å². The van der Waals surface area contributed by atoms with Crippen molar-refractivity contribution in [3.8, 4) is 0 Å². The molecule has 1 aromatic heterocycles. The number of rotatable bonds is 11. The topological polar surface area (TPSA) is 68.9 Å². The molecule has 23 heavy (non-hydrogen) atoms. The molecule has 2 rings (SSSR count). The van der Waals surface area contributed by atoms with Gasteiger partial charge >= 0.3 is 0 Å². The molecule has 0 spiro atoms. The van der Waals surface area contributed by atoms with Gasteiger partial charge in [-0.15, -0.1) is 0 Å². The average Bonchev–Trinajstić information content (AvgIpc) is 3.06. The first kappa shape index (κ1) is 17.4. The number of hydrogen-bond acceptors (Lipinski definition) is 5. The van der Waals surface area contributed by atoms with E-state index >= 15 is 0 Å². The van der Waals surface area contributed by atoms with Gasteiger partial charge in [0.25, 0.3) is 0 Å². The SMILES string of the molecule is O=Cc1ccc(CCCOC[C@@H](CO)OCc2ccccc2)o1. The van der Waals surface area contributed by atoms with Crippen LogP contribution < -0.4 is 0 Å². The van der Waals surface area contributed by atoms with Crippen LogP contribution in [0.25, 0.3) is 0 Å². The summed E-state index contributed by atoms with van der Waals surface area (Å²) in [6.45, 7) is 1.27. The Hall–Kier alpha value is -1.95. The highest BCUT2D eigenvalue weighted by atomic mass is 16.5. The fraction of sp³-hybridized carbons (Fsp3) is 0.389. The van der Waals surface area contributed by atoms with Gasteiger partial charge in [0.1, 0.15) is 11.9 Å². The highest BCUT2D eigenvalue weighted by Crippen LogP contribution is 2.08. The Morgan fingerprint density at radius 1 is 1.17 bits per heavy atom. The third-order valence-corrected chi connectivity index (χ3v) is 3.35. The van der Waals surface area contributed by atoms with Gasteiger partial charge in [0.2, 0.25) is 0 Å². The van der Waals surface area contributed by atoms with Crippen molar-refractivity contribution in [1.82, 2.24) is 0 Å². The molecular weight excluding hydrogens is 296 g/mol. The molecule has 0 aliphatic carbocycles. The minimum Gasteiger partial charge on any atom is -0.458 e. The Labute approximate surface area is 135 Å². The predicted molar refractivity (Wildman–Crippen MR) is 85.3 cm³/mol. The second-order valence-electron chi connectivity index (χ2n) is 5.20. The highest BCUT2D eigenvalue weighted by molar-refractivity contribution is 5.70. The molecule has 1 N–H and O–H groups in total. The number of carbonyl (C=O) groups excluding carboxylic acids is 1. The summed E-state index contributed by atoms with van der Waals surface area (Å²) in [4.78, 5) is 10.5. The minimum absolute atomic E-state index is 0.0757. The molecule has 5 nitrogen and oxygen atoms in total. The van der Waals surface area contributed by atoms with E-state index in [9.17, 15) is 9.90 Å². The van der Waals surface area contributed by atoms with Crippen LogP contribution >= 0.6 is 0 Å². The monoisotopic (exact) mass is 318 g/mol. The summed E-state index contributed by atoms with van der Waals surface area (Å²) in [5.41, 5.74) is 1.06. The zero-order chi connectivity index (χ0) is 16.3. The molecule has 5 heteroatoms. The molecule has 0 radical (unpaired) electrons. The molecule has 0 unspecified atom stereocenters. The van der Waals surface area contributed by atoms with Crippen molar-refractivity contribution in [1.29, 1.82) is 0 Å². The first-order valence-corrected chi connectivity index (χ1v) is 7.70. The van der Waals surface area contributed by atoms with Crippen LogP contribution in [0.15, 0.2) is 46.9 Å². The minimum atomic E-state index is -0.333. The van der Waals surface area contributed by atoms with Gasteiger partial charge in [-0.05, 0) is 24.1 Å². The number of carbonyl (C=O) groups is 1. The predicted octanol–water partition coefficient (Wildman–Crippen LogP) is 2.62. The smallest absolute Gasteiger partial charge is 0.185 e. The normalized spacial score (nSPS) is 12.2. The van der Waals surface area contributed by atoms with Gasteiger partial charge in [0.05, 0.1) is 19.8 Å². The lowest BCUT2D eigenvalue weighted by Crippen LogP contribution is -2.24. The quantitative estimate of drug-likeness (QED) is 0.509. The lowest BCUT2D eigenvalue weighted by molar-refractivity contribution is -0.0501. The Balaban J connectivity index is 1.59. The molecule has 0 amide bonds. The maximum atomic E-state index is 10.5. The average molecular weight is 318 g/mol. The van der Waals surface area contributed by atoms with Crippen LogP contribution in [-0.2, 0) is 22.5 Å². The molecule has 1 heterocycles. The van der Waals surface area contributed by atoms with Crippen molar-refractivity contribution in [2.75, 3.05) is 19.8 Å². The number of aliphatic hydroxyl groups excluding tert-OH is 1. The number of aryl methyl sites for hydroxylation is 1. The molecule has 0 bridgehead atoms. The van der Waals surface area contributed by atoms with Crippen LogP contribution in [0.5, 0.6) is 0 Å². The summed E-state index contributed by atoms with van der Waals surface area (Å²) >= 11 is 0. The molecule has 0 saturated carbocycles. The number of furan rings is 1. The van der Waals surface area contributed by atoms with Gasteiger partial charge in [0.15, 0.2) is 12.0 Å². The van der Waals surface area contributed by atoms with Crippen LogP contribution in [0, 0.1) is 0 Å². The van der Waals surface area contributed by atoms with E-state index in [2.05, 4.69) is 0 Å². The molecule has 0 fully saturated rings. The van der Waals surface area contributed by atoms with E-state index in [1.54, 1.807) is 12.1 Å². The maximum absolute atomic E-state index is 10.5. The van der Waals surface area contributed by atoms with Gasteiger partial charge in [-0.1, -0.05) is 30.3 Å². The fourth-order valence-corrected chi connectivity index (χ4v) is 2.10. The Bertz CT molecular complexity index is 564. The van der Waals surface area contributed by atoms with E-state index in [0.29, 0.717) is 38.3 Å². The summed E-state index contributed by atoms with van der Waals surface area (Å²) in [5, 5.41) is 9.32. The molecule has 0 aliphatic heterocycles. The number of aldehydes is 1. The standard InChI is InChI=1S/C18H22O5/c19-11-17-9-8-16(23-17)7-4-10-21-14-18(12-20)22-13-15-5-2-1-3-6-15/h1-3,5-6,8-9,11,18,20H,4,7,10,12-14H2/t18-/m1/s1. The van der Waals surface area contributed by atoms with Crippen molar-refractivity contribution >= 4 is 6.29 Å². The molecule has 124 valence electrons. The second kappa shape index (κ2) is 9.94. The molecule has 1 aromatic carbocycles. The molecule has 1 atom stereocenters. The largest absolute Gasteiger partial charge is 0.458 e. The summed E-state index contributed by atoms with van der Waals surface area (Å²) in [5.74, 6) is 1.12. The molecular formula is C18H22O5. The van der Waals surface area contributed by atoms with Crippen LogP contribution in [0.2, 0.25) is 0 Å². The van der Waals surface area contributed by atoms with E-state index in [1.807, 2.05) is 30.3 Å². The second-order valence-corrected chi connectivity index (χ2v) is 5.20. The third-order valence-electron chi connectivity index (χ3n) is 3.35. The first-order valence-electron chi connectivity index (χ1n) is 7.70. The Morgan fingerprint density at radius 3 is 2.70 bits per heavy atom. The van der Waals surface area contributed by atoms with Crippen LogP contribution in [0.3, 0.4) is 0 Å². The fourth-order valence-electron chi connectivity index (χ4n) is 2.10. The van der Waals surface area contributed by atoms with Gasteiger partial charge in [-0.2, -0.15) is 0 Å². The summed E-state index contributed by atoms with van der Waals surface area (Å²) < 4.78 is 16.4. The van der Waals surface area contributed by atoms with E-state index in [1.165, 1.54) is 0 Å². The van der Waals surface area contributed by atoms with Crippen molar-refractivity contribution in [2.24, 2.45) is 0 Å². The highest BCUT2D eigenvalue weighted by Gasteiger charge is 2.08. The van der Waals surface area contributed by atoms with Crippen molar-refractivity contribution in [3.63, 3.8) is 0 Å². The lowest BCUT2D eigenvalue weighted by atomic mass is 10.2. The lowest BCUT2D eigenvalue weighted by Gasteiger charge is -2.15. The van der Waals surface area contributed by atoms with Crippen molar-refractivity contribution < 1.29 is 23.8 Å². The number of hydrogen-bond donors (Lipinski definition) is 1. The van der Waals surface area contributed by atoms with E-state index in [4.69, 9.17) is 13.9 Å². The summed E-state index contributed by atoms with van der Waals surface area (Å²) in [6.07, 6.45) is 1.85. The zero-order valence-electron chi connectivity index (χ0n) is 13.0. The molecule has 0 saturated heterocycles. The molecule has 2 aromatic rings. The third kappa shape index (κ3) is 6.36. The van der Waals surface area contributed by atoms with Gasteiger partial charge in [-0.25, -0.2) is 0 Å². The number of benzene rings is 1. The van der Waals surface area contributed by atoms with Crippen LogP contribution in [0.1, 0.15) is 28.3 Å². The van der Waals surface area contributed by atoms with Crippen LogP contribution in [-0.4, -0.2) is 37.3 Å². The van der Waals surface area contributed by atoms with E-state index in [-0.39, 0.29) is 12.7 Å². The van der Waals surface area contributed by atoms with Crippen molar-refractivity contribution in [2.45, 2.75) is 25.6 Å². The van der Waals surface area contributed by atoms with Gasteiger partial charge in [-0.3, -0.25) is 4.79 Å². The van der Waals surface area contributed by atoms with E-state index < -0.39 is 0 Å². The van der Waals surface area contributed by atoms with Crippen LogP contribution in [0.4, 0.5) is 0 Å². The summed E-state index contributed by atoms with van der Waals surface area (Å²) in [7, 11) is 0. The Kier molecular flexibility index (Phi) is 7.52. The number of ether oxygens (including phenoxy) is 2. The maximum Gasteiger partial charge on any atom is 0.185 e. The molecule has 0 aliphatic rings. The van der Waals surface area contributed by atoms with Gasteiger partial charge in [0, 0.05) is 13.0 Å². The van der Waals surface area contributed by atoms with Gasteiger partial charge < -0.3 is 19.0 Å². The zero-order valence-corrected chi connectivity index (χ0v) is 13.0. The Morgan fingerprint density at radius 2 is 2.00 bits per heavy atom. The first-order chi connectivity index (χ1) is 11.3. The number of aliphatic hydroxyl groups is 1. The summed E-state index contributed by atoms with van der Waals surface area (Å²) in [6, 6.07) is 13.3.